The minimum atomic E-state index is -4.58. The van der Waals surface area contributed by atoms with Gasteiger partial charge >= 0.3 is 12.4 Å². The molecule has 0 aliphatic heterocycles. The average Bonchev–Trinajstić information content (AvgIpc) is 2.48. The molecule has 1 aromatic rings. The number of guanidine groups is 1. The topological polar surface area (TPSA) is 45.7 Å². The van der Waals surface area contributed by atoms with Crippen LogP contribution in [0.15, 0.2) is 23.2 Å². The van der Waals surface area contributed by atoms with Crippen molar-refractivity contribution in [2.75, 3.05) is 20.7 Å². The summed E-state index contributed by atoms with van der Waals surface area (Å²) in [7, 11) is 2.56. The highest BCUT2D eigenvalue weighted by Gasteiger charge is 2.33. The largest absolute Gasteiger partial charge is 0.497 e. The molecule has 0 aliphatic carbocycles. The maximum Gasteiger partial charge on any atom is 0.416 e. The van der Waals surface area contributed by atoms with Gasteiger partial charge in [-0.1, -0.05) is 6.07 Å². The number of nitrogens with one attached hydrogen (secondary N) is 2. The van der Waals surface area contributed by atoms with Gasteiger partial charge < -0.3 is 15.4 Å². The first-order valence-electron chi connectivity index (χ1n) is 6.82. The molecule has 0 atom stereocenters. The van der Waals surface area contributed by atoms with Gasteiger partial charge in [-0.3, -0.25) is 4.99 Å². The maximum absolute atomic E-state index is 13.1. The Morgan fingerprint density at radius 1 is 1.12 bits per heavy atom. The lowest BCUT2D eigenvalue weighted by Gasteiger charge is -2.17. The molecule has 4 nitrogen and oxygen atoms in total. The maximum atomic E-state index is 13.1. The Kier molecular flexibility index (Phi) is 6.73. The number of hydrogen-bond donors (Lipinski definition) is 2. The summed E-state index contributed by atoms with van der Waals surface area (Å²) in [5.74, 6) is 0.0296. The van der Waals surface area contributed by atoms with E-state index in [0.29, 0.717) is 0 Å². The van der Waals surface area contributed by atoms with Crippen molar-refractivity contribution < 1.29 is 31.1 Å². The zero-order valence-corrected chi connectivity index (χ0v) is 13.0. The van der Waals surface area contributed by atoms with Crippen LogP contribution in [0.3, 0.4) is 0 Å². The van der Waals surface area contributed by atoms with E-state index in [1.54, 1.807) is 0 Å². The third kappa shape index (κ3) is 6.55. The molecule has 0 aliphatic rings. The van der Waals surface area contributed by atoms with Crippen LogP contribution >= 0.6 is 0 Å². The molecule has 0 heterocycles. The lowest BCUT2D eigenvalue weighted by molar-refractivity contribution is -0.138. The third-order valence-electron chi connectivity index (χ3n) is 2.99. The van der Waals surface area contributed by atoms with Crippen LogP contribution in [-0.2, 0) is 12.7 Å². The van der Waals surface area contributed by atoms with E-state index in [1.165, 1.54) is 26.3 Å². The molecule has 1 aromatic carbocycles. The lowest BCUT2D eigenvalue weighted by atomic mass is 10.1. The monoisotopic (exact) mass is 357 g/mol. The van der Waals surface area contributed by atoms with Crippen LogP contribution in [0.2, 0.25) is 0 Å². The molecule has 0 amide bonds. The van der Waals surface area contributed by atoms with E-state index in [-0.39, 0.29) is 23.8 Å². The molecule has 136 valence electrons. The first kappa shape index (κ1) is 19.9. The molecule has 0 radical (unpaired) electrons. The Balaban J connectivity index is 2.75. The molecule has 0 fully saturated rings. The van der Waals surface area contributed by atoms with E-state index < -0.39 is 30.9 Å². The van der Waals surface area contributed by atoms with Crippen LogP contribution in [0, 0.1) is 0 Å². The first-order valence-corrected chi connectivity index (χ1v) is 6.82. The second kappa shape index (κ2) is 8.11. The Morgan fingerprint density at radius 2 is 1.79 bits per heavy atom. The van der Waals surface area contributed by atoms with Gasteiger partial charge in [-0.05, 0) is 17.7 Å². The Labute approximate surface area is 134 Å². The van der Waals surface area contributed by atoms with E-state index in [1.807, 2.05) is 0 Å². The van der Waals surface area contributed by atoms with Gasteiger partial charge in [0.05, 0.1) is 19.1 Å². The van der Waals surface area contributed by atoms with Crippen LogP contribution in [0.25, 0.3) is 0 Å². The van der Waals surface area contributed by atoms with Gasteiger partial charge in [-0.25, -0.2) is 0 Å². The molecular weight excluding hydrogens is 340 g/mol. The lowest BCUT2D eigenvalue weighted by Crippen LogP contribution is -2.38. The molecule has 24 heavy (non-hydrogen) atoms. The smallest absolute Gasteiger partial charge is 0.416 e. The van der Waals surface area contributed by atoms with Gasteiger partial charge in [0.25, 0.3) is 0 Å². The molecular formula is C14H17F6N3O. The van der Waals surface area contributed by atoms with Gasteiger partial charge in [-0.15, -0.1) is 0 Å². The molecule has 0 saturated heterocycles. The highest BCUT2D eigenvalue weighted by atomic mass is 19.4. The van der Waals surface area contributed by atoms with E-state index in [4.69, 9.17) is 4.74 Å². The number of rotatable bonds is 5. The number of halogens is 6. The summed E-state index contributed by atoms with van der Waals surface area (Å²) in [6.45, 7) is -0.692. The van der Waals surface area contributed by atoms with Crippen LogP contribution < -0.4 is 15.4 Å². The normalized spacial score (nSPS) is 12.9. The number of nitrogens with zero attached hydrogens (tertiary/aromatic N) is 1. The van der Waals surface area contributed by atoms with Gasteiger partial charge in [0.2, 0.25) is 0 Å². The van der Waals surface area contributed by atoms with Crippen molar-refractivity contribution in [3.63, 3.8) is 0 Å². The zero-order chi connectivity index (χ0) is 18.4. The van der Waals surface area contributed by atoms with Crippen molar-refractivity contribution >= 4 is 5.96 Å². The fourth-order valence-electron chi connectivity index (χ4n) is 1.82. The van der Waals surface area contributed by atoms with Crippen LogP contribution in [0.5, 0.6) is 5.75 Å². The molecule has 2 N–H and O–H groups in total. The SMILES string of the molecule is CN=C(NCCC(F)(F)F)NCc1ccc(OC)cc1C(F)(F)F. The highest BCUT2D eigenvalue weighted by Crippen LogP contribution is 2.34. The fourth-order valence-corrected chi connectivity index (χ4v) is 1.82. The predicted molar refractivity (Wildman–Crippen MR) is 76.9 cm³/mol. The summed E-state index contributed by atoms with van der Waals surface area (Å²) < 4.78 is 80.2. The van der Waals surface area contributed by atoms with Crippen molar-refractivity contribution in [2.45, 2.75) is 25.3 Å². The van der Waals surface area contributed by atoms with E-state index in [0.717, 1.165) is 6.07 Å². The summed E-state index contributed by atoms with van der Waals surface area (Å²) in [5.41, 5.74) is -0.970. The summed E-state index contributed by atoms with van der Waals surface area (Å²) in [4.78, 5) is 3.67. The van der Waals surface area contributed by atoms with E-state index in [9.17, 15) is 26.3 Å². The quantitative estimate of drug-likeness (QED) is 0.483. The van der Waals surface area contributed by atoms with Crippen molar-refractivity contribution in [3.05, 3.63) is 29.3 Å². The standard InChI is InChI=1S/C14H17F6N3O/c1-21-12(22-6-5-13(15,16)17)23-8-9-3-4-10(24-2)7-11(9)14(18,19)20/h3-4,7H,5-6,8H2,1-2H3,(H2,21,22,23). The van der Waals surface area contributed by atoms with Crippen LogP contribution in [-0.4, -0.2) is 32.8 Å². The number of alkyl halides is 6. The summed E-state index contributed by atoms with van der Waals surface area (Å²) in [5, 5.41) is 4.94. The molecule has 0 bridgehead atoms. The Hall–Kier alpha value is -2.13. The van der Waals surface area contributed by atoms with Gasteiger partial charge in [0.15, 0.2) is 5.96 Å². The highest BCUT2D eigenvalue weighted by molar-refractivity contribution is 5.79. The second-order valence-electron chi connectivity index (χ2n) is 4.74. The number of benzene rings is 1. The average molecular weight is 357 g/mol. The van der Waals surface area contributed by atoms with Gasteiger partial charge in [0, 0.05) is 20.1 Å². The number of hydrogen-bond acceptors (Lipinski definition) is 2. The molecule has 10 heteroatoms. The van der Waals surface area contributed by atoms with Crippen LogP contribution in [0.1, 0.15) is 17.5 Å². The van der Waals surface area contributed by atoms with Crippen molar-refractivity contribution in [1.29, 1.82) is 0 Å². The summed E-state index contributed by atoms with van der Waals surface area (Å²) in [6.07, 6.45) is -9.99. The minimum absolute atomic E-state index is 0.0248. The predicted octanol–water partition coefficient (Wildman–Crippen LogP) is 3.33. The fraction of sp³-hybridized carbons (Fsp3) is 0.500. The van der Waals surface area contributed by atoms with Gasteiger partial charge in [0.1, 0.15) is 5.75 Å². The van der Waals surface area contributed by atoms with Crippen molar-refractivity contribution in [3.8, 4) is 5.75 Å². The molecule has 0 unspecified atom stereocenters. The van der Waals surface area contributed by atoms with E-state index in [2.05, 4.69) is 15.6 Å². The summed E-state index contributed by atoms with van der Waals surface area (Å²) >= 11 is 0. The Morgan fingerprint density at radius 3 is 2.29 bits per heavy atom. The Bertz CT molecular complexity index is 569. The van der Waals surface area contributed by atoms with Crippen molar-refractivity contribution in [2.24, 2.45) is 4.99 Å². The zero-order valence-electron chi connectivity index (χ0n) is 13.0. The van der Waals surface area contributed by atoms with Crippen molar-refractivity contribution in [1.82, 2.24) is 10.6 Å². The third-order valence-corrected chi connectivity index (χ3v) is 2.99. The molecule has 1 rings (SSSR count). The minimum Gasteiger partial charge on any atom is -0.497 e. The number of aliphatic imine (C=N–C) groups is 1. The van der Waals surface area contributed by atoms with Gasteiger partial charge in [-0.2, -0.15) is 26.3 Å². The molecule has 0 spiro atoms. The second-order valence-corrected chi connectivity index (χ2v) is 4.74. The number of ether oxygens (including phenoxy) is 1. The molecule has 0 saturated carbocycles. The number of methoxy groups -OCH3 is 1. The first-order chi connectivity index (χ1) is 11.1. The molecule has 0 aromatic heterocycles. The van der Waals surface area contributed by atoms with E-state index >= 15 is 0 Å². The summed E-state index contributed by atoms with van der Waals surface area (Å²) in [6, 6.07) is 3.46. The van der Waals surface area contributed by atoms with Crippen LogP contribution in [0.4, 0.5) is 26.3 Å².